The number of hydrogen-bond donors (Lipinski definition) is 1. The van der Waals surface area contributed by atoms with Gasteiger partial charge in [0.2, 0.25) is 0 Å². The van der Waals surface area contributed by atoms with E-state index in [2.05, 4.69) is 126 Å². The summed E-state index contributed by atoms with van der Waals surface area (Å²) in [5, 5.41) is 1.68. The number of benzene rings is 4. The first-order chi connectivity index (χ1) is 23.7. The van der Waals surface area contributed by atoms with Gasteiger partial charge in [0.1, 0.15) is 0 Å². The van der Waals surface area contributed by atoms with Gasteiger partial charge in [0.05, 0.1) is 0 Å². The summed E-state index contributed by atoms with van der Waals surface area (Å²) < 4.78 is 1.41. The van der Waals surface area contributed by atoms with E-state index in [1.807, 2.05) is 0 Å². The molecule has 2 aliphatic rings. The van der Waals surface area contributed by atoms with E-state index in [9.17, 15) is 0 Å². The number of para-hydroxylation sites is 1. The molecule has 4 aromatic carbocycles. The molecule has 2 N–H and O–H groups in total. The summed E-state index contributed by atoms with van der Waals surface area (Å²) in [4.78, 5) is 0. The molecule has 0 aliphatic heterocycles. The van der Waals surface area contributed by atoms with Crippen LogP contribution in [0.25, 0.3) is 22.3 Å². The molecule has 6 rings (SSSR count). The maximum absolute atomic E-state index is 8.61. The first kappa shape index (κ1) is 36.8. The van der Waals surface area contributed by atoms with Crippen LogP contribution in [0.15, 0.2) is 84.9 Å². The van der Waals surface area contributed by atoms with Crippen molar-refractivity contribution in [2.75, 3.05) is 5.73 Å². The number of nitrogen functional groups attached to an aromatic ring is 1. The summed E-state index contributed by atoms with van der Waals surface area (Å²) in [5.74, 6) is 1.37. The minimum absolute atomic E-state index is 0.434. The number of rotatable bonds is 10. The molecule has 4 heteroatoms. The fourth-order valence-corrected chi connectivity index (χ4v) is 32.2. The standard InChI is InChI=1S/C33H49P.C12H10N.ClH.Pd/c1-23(2)26-21-30(24(3)4)33(31(22-26)25(5)6)29-19-13-14-20-32(29)34(27-15-9-7-10-16-27)28-17-11-8-12-18-28;13-12-9-5-4-8-11(12)10-6-2-1-3-7-10;;/h13-14,19-25,27-28H,7-12,15-18H2,1-6H3;1-6,8-9H,13H2;1H;. The third kappa shape index (κ3) is 7.25. The van der Waals surface area contributed by atoms with Crippen LogP contribution in [0.5, 0.6) is 0 Å². The van der Waals surface area contributed by atoms with Gasteiger partial charge in [-0.15, -0.1) is 0 Å². The Morgan fingerprint density at radius 2 is 1.06 bits per heavy atom. The predicted molar refractivity (Wildman–Crippen MR) is 218 cm³/mol. The Hall–Kier alpha value is -1.94. The fourth-order valence-electron chi connectivity index (χ4n) is 9.04. The molecule has 1 nitrogen and oxygen atoms in total. The van der Waals surface area contributed by atoms with Crippen molar-refractivity contribution in [3.8, 4) is 22.3 Å². The van der Waals surface area contributed by atoms with Gasteiger partial charge in [0.15, 0.2) is 0 Å². The second kappa shape index (κ2) is 16.2. The van der Waals surface area contributed by atoms with Crippen LogP contribution in [0, 0.1) is 0 Å². The molecule has 2 fully saturated rings. The normalized spacial score (nSPS) is 17.2. The first-order valence-corrected chi connectivity index (χ1v) is 26.2. The van der Waals surface area contributed by atoms with Gasteiger partial charge in [-0.1, -0.05) is 0 Å². The van der Waals surface area contributed by atoms with E-state index in [4.69, 9.17) is 15.3 Å². The first-order valence-electron chi connectivity index (χ1n) is 19.2. The van der Waals surface area contributed by atoms with Crippen molar-refractivity contribution in [2.45, 2.75) is 135 Å². The van der Waals surface area contributed by atoms with Crippen LogP contribution in [0.4, 0.5) is 5.69 Å². The van der Waals surface area contributed by atoms with Crippen LogP contribution in [0.3, 0.4) is 0 Å². The molecule has 0 aromatic heterocycles. The van der Waals surface area contributed by atoms with Gasteiger partial charge in [-0.2, -0.15) is 0 Å². The predicted octanol–water partition coefficient (Wildman–Crippen LogP) is 13.0. The average molecular weight is 788 g/mol. The monoisotopic (exact) mass is 786 g/mol. The second-order valence-corrected chi connectivity index (χ2v) is 29.5. The fraction of sp³-hybridized carbons (Fsp3) is 0.467. The molecule has 0 radical (unpaired) electrons. The van der Waals surface area contributed by atoms with Crippen LogP contribution in [-0.4, -0.2) is 11.3 Å². The molecule has 2 saturated carbocycles. The summed E-state index contributed by atoms with van der Waals surface area (Å²) in [6.07, 6.45) is 13.4. The Balaban J connectivity index is 1.70. The minimum atomic E-state index is -2.43. The zero-order valence-corrected chi connectivity index (χ0v) is 34.1. The zero-order chi connectivity index (χ0) is 34.7. The molecule has 2 aliphatic carbocycles. The van der Waals surface area contributed by atoms with E-state index in [0.29, 0.717) is 29.1 Å². The maximum atomic E-state index is 8.61. The molecule has 0 bridgehead atoms. The Morgan fingerprint density at radius 3 is 1.57 bits per heavy atom. The van der Waals surface area contributed by atoms with Gasteiger partial charge in [0, 0.05) is 0 Å². The van der Waals surface area contributed by atoms with Crippen molar-refractivity contribution in [2.24, 2.45) is 0 Å². The van der Waals surface area contributed by atoms with Crippen LogP contribution in [0.2, 0.25) is 0 Å². The van der Waals surface area contributed by atoms with Crippen molar-refractivity contribution >= 4 is 30.0 Å². The molecule has 0 atom stereocenters. The van der Waals surface area contributed by atoms with Crippen molar-refractivity contribution in [1.82, 2.24) is 0 Å². The topological polar surface area (TPSA) is 26.0 Å². The van der Waals surface area contributed by atoms with Crippen LogP contribution in [0.1, 0.15) is 140 Å². The SMILES string of the molecule is CC(C)c1cc(C(C)C)c(-c2ccccc2[PH](C2CCCCC2)(C2CCCCC2)[Pd]([Cl])[c]2ccccc2-c2ccccc2N)c(C(C)C)c1. The van der Waals surface area contributed by atoms with Gasteiger partial charge < -0.3 is 0 Å². The average Bonchev–Trinajstić information content (AvgIpc) is 3.12. The van der Waals surface area contributed by atoms with Crippen molar-refractivity contribution in [3.63, 3.8) is 0 Å². The van der Waals surface area contributed by atoms with Crippen LogP contribution >= 0.6 is 15.0 Å². The van der Waals surface area contributed by atoms with Gasteiger partial charge >= 0.3 is 310 Å². The summed E-state index contributed by atoms with van der Waals surface area (Å²) in [7, 11) is 8.61. The molecule has 0 amide bonds. The van der Waals surface area contributed by atoms with Gasteiger partial charge in [-0.25, -0.2) is 0 Å². The molecule has 4 aromatic rings. The van der Waals surface area contributed by atoms with E-state index >= 15 is 0 Å². The van der Waals surface area contributed by atoms with Crippen LogP contribution in [-0.2, 0) is 15.2 Å². The van der Waals surface area contributed by atoms with E-state index in [1.165, 1.54) is 102 Å². The number of hydrogen-bond acceptors (Lipinski definition) is 1. The van der Waals surface area contributed by atoms with E-state index < -0.39 is 20.7 Å². The summed E-state index contributed by atoms with van der Waals surface area (Å²) >= 11 is -1.79. The zero-order valence-electron chi connectivity index (χ0n) is 30.8. The third-order valence-corrected chi connectivity index (χ3v) is 31.8. The summed E-state index contributed by atoms with van der Waals surface area (Å²) in [6, 6.07) is 32.5. The Labute approximate surface area is 307 Å². The third-order valence-electron chi connectivity index (χ3n) is 11.6. The number of nitrogens with two attached hydrogens (primary N) is 1. The van der Waals surface area contributed by atoms with Gasteiger partial charge in [-0.3, -0.25) is 0 Å². The molecule has 0 heterocycles. The van der Waals surface area contributed by atoms with Gasteiger partial charge in [-0.05, 0) is 0 Å². The van der Waals surface area contributed by atoms with Crippen molar-refractivity contribution in [3.05, 3.63) is 102 Å². The molecule has 49 heavy (non-hydrogen) atoms. The van der Waals surface area contributed by atoms with E-state index in [-0.39, 0.29) is 0 Å². The summed E-state index contributed by atoms with van der Waals surface area (Å²) in [6.45, 7) is 14.3. The van der Waals surface area contributed by atoms with Crippen molar-refractivity contribution in [1.29, 1.82) is 0 Å². The molecule has 0 saturated heterocycles. The number of halogens is 1. The molecular formula is C45H60ClNPPd. The molecule has 267 valence electrons. The molecule has 0 spiro atoms. The van der Waals surface area contributed by atoms with E-state index in [1.54, 1.807) is 5.30 Å². The quantitative estimate of drug-likeness (QED) is 0.0967. The van der Waals surface area contributed by atoms with E-state index in [0.717, 1.165) is 11.3 Å². The number of anilines is 1. The van der Waals surface area contributed by atoms with Crippen molar-refractivity contribution < 1.29 is 15.2 Å². The Kier molecular flexibility index (Phi) is 12.2. The Morgan fingerprint density at radius 1 is 0.592 bits per heavy atom. The van der Waals surface area contributed by atoms with Crippen LogP contribution < -0.4 is 15.1 Å². The molecule has 0 unspecified atom stereocenters. The summed E-state index contributed by atoms with van der Waals surface area (Å²) in [5.41, 5.74) is 16.5. The van der Waals surface area contributed by atoms with Gasteiger partial charge in [0.25, 0.3) is 0 Å². The second-order valence-electron chi connectivity index (χ2n) is 15.7. The Bertz CT molecular complexity index is 1670. The molecular weight excluding hydrogens is 727 g/mol.